The topological polar surface area (TPSA) is 99.4 Å². The van der Waals surface area contributed by atoms with E-state index >= 15 is 0 Å². The monoisotopic (exact) mass is 588 g/mol. The standard InChI is InChI=1S/C36H60O6/c1-21(2)22-10-15-36(20-38)17-16-34(6)23(30(22)36)8-9-27-33(5)13-12-28(32(3,4)26(33)11-14-35(27,34)7)42-29-18-24(39)31(40)25(19-37)41-29/h22-31,37-40H,1,8-20H2,2-7H3/t22-,23+,24+,25+,26-,27?,28+,29+,30+,31-,33-,34+,35+,36+/m0/s1. The van der Waals surface area contributed by atoms with Crippen LogP contribution in [0.5, 0.6) is 0 Å². The molecule has 0 amide bonds. The highest BCUT2D eigenvalue weighted by Crippen LogP contribution is 2.77. The van der Waals surface area contributed by atoms with Crippen LogP contribution in [0.4, 0.5) is 0 Å². The fourth-order valence-electron chi connectivity index (χ4n) is 13.1. The predicted molar refractivity (Wildman–Crippen MR) is 163 cm³/mol. The lowest BCUT2D eigenvalue weighted by Crippen LogP contribution is -2.67. The van der Waals surface area contributed by atoms with Gasteiger partial charge in [-0.05, 0) is 128 Å². The van der Waals surface area contributed by atoms with Gasteiger partial charge in [0.2, 0.25) is 0 Å². The quantitative estimate of drug-likeness (QED) is 0.238. The summed E-state index contributed by atoms with van der Waals surface area (Å²) in [5.74, 6) is 2.96. The zero-order valence-corrected chi connectivity index (χ0v) is 27.3. The molecule has 6 fully saturated rings. The fraction of sp³-hybridized carbons (Fsp3) is 0.944. The maximum Gasteiger partial charge on any atom is 0.161 e. The molecule has 0 aromatic heterocycles. The molecule has 6 nitrogen and oxygen atoms in total. The second-order valence-corrected chi connectivity index (χ2v) is 17.3. The van der Waals surface area contributed by atoms with E-state index in [1.807, 2.05) is 0 Å². The first-order valence-electron chi connectivity index (χ1n) is 17.2. The molecule has 6 aliphatic rings. The summed E-state index contributed by atoms with van der Waals surface area (Å²) in [5.41, 5.74) is 2.15. The summed E-state index contributed by atoms with van der Waals surface area (Å²) in [6, 6.07) is 0. The Kier molecular flexibility index (Phi) is 7.89. The number of aliphatic hydroxyl groups is 4. The first-order valence-corrected chi connectivity index (χ1v) is 17.2. The van der Waals surface area contributed by atoms with Crippen molar-refractivity contribution in [3.05, 3.63) is 12.2 Å². The molecule has 42 heavy (non-hydrogen) atoms. The van der Waals surface area contributed by atoms with Crippen molar-refractivity contribution in [2.75, 3.05) is 13.2 Å². The molecule has 1 aliphatic heterocycles. The average molecular weight is 589 g/mol. The molecule has 0 bridgehead atoms. The first kappa shape index (κ1) is 31.5. The van der Waals surface area contributed by atoms with Crippen molar-refractivity contribution in [1.82, 2.24) is 0 Å². The van der Waals surface area contributed by atoms with Gasteiger partial charge in [-0.2, -0.15) is 0 Å². The molecule has 0 spiro atoms. The fourth-order valence-corrected chi connectivity index (χ4v) is 13.1. The van der Waals surface area contributed by atoms with Crippen LogP contribution >= 0.6 is 0 Å². The minimum Gasteiger partial charge on any atom is -0.396 e. The van der Waals surface area contributed by atoms with Crippen LogP contribution in [-0.4, -0.2) is 64.3 Å². The van der Waals surface area contributed by atoms with Gasteiger partial charge in [-0.25, -0.2) is 0 Å². The number of fused-ring (bicyclic) bond motifs is 7. The lowest BCUT2D eigenvalue weighted by atomic mass is 9.32. The van der Waals surface area contributed by atoms with E-state index in [1.165, 1.54) is 44.1 Å². The number of aliphatic hydroxyl groups excluding tert-OH is 4. The zero-order valence-electron chi connectivity index (χ0n) is 27.3. The molecule has 1 unspecified atom stereocenters. The second kappa shape index (κ2) is 10.5. The van der Waals surface area contributed by atoms with Crippen molar-refractivity contribution in [2.45, 2.75) is 143 Å². The van der Waals surface area contributed by atoms with Crippen LogP contribution in [0.3, 0.4) is 0 Å². The molecular weight excluding hydrogens is 528 g/mol. The lowest BCUT2D eigenvalue weighted by molar-refractivity contribution is -0.302. The summed E-state index contributed by atoms with van der Waals surface area (Å²) in [5, 5.41) is 41.1. The second-order valence-electron chi connectivity index (χ2n) is 17.3. The Hall–Kier alpha value is -0.500. The Morgan fingerprint density at radius 2 is 1.60 bits per heavy atom. The smallest absolute Gasteiger partial charge is 0.161 e. The average Bonchev–Trinajstić information content (AvgIpc) is 3.33. The Morgan fingerprint density at radius 3 is 2.26 bits per heavy atom. The molecule has 4 N–H and O–H groups in total. The summed E-state index contributed by atoms with van der Waals surface area (Å²) in [6.07, 6.45) is 8.62. The van der Waals surface area contributed by atoms with E-state index in [0.717, 1.165) is 25.7 Å². The van der Waals surface area contributed by atoms with Crippen LogP contribution in [0.2, 0.25) is 0 Å². The number of hydrogen-bond donors (Lipinski definition) is 4. The summed E-state index contributed by atoms with van der Waals surface area (Å²) in [4.78, 5) is 0. The van der Waals surface area contributed by atoms with E-state index in [9.17, 15) is 20.4 Å². The molecule has 0 aromatic carbocycles. The van der Waals surface area contributed by atoms with Crippen LogP contribution in [-0.2, 0) is 9.47 Å². The van der Waals surface area contributed by atoms with Gasteiger partial charge < -0.3 is 29.9 Å². The maximum atomic E-state index is 10.8. The summed E-state index contributed by atoms with van der Waals surface area (Å²) >= 11 is 0. The van der Waals surface area contributed by atoms with Gasteiger partial charge in [0.1, 0.15) is 12.2 Å². The first-order chi connectivity index (χ1) is 19.7. The summed E-state index contributed by atoms with van der Waals surface area (Å²) < 4.78 is 12.5. The van der Waals surface area contributed by atoms with E-state index in [1.54, 1.807) is 0 Å². The van der Waals surface area contributed by atoms with E-state index in [-0.39, 0.29) is 46.2 Å². The van der Waals surface area contributed by atoms with Crippen LogP contribution < -0.4 is 0 Å². The van der Waals surface area contributed by atoms with Crippen molar-refractivity contribution < 1.29 is 29.9 Å². The largest absolute Gasteiger partial charge is 0.396 e. The van der Waals surface area contributed by atoms with E-state index in [2.05, 4.69) is 48.1 Å². The minimum atomic E-state index is -1.08. The lowest BCUT2D eigenvalue weighted by Gasteiger charge is -2.73. The van der Waals surface area contributed by atoms with Crippen molar-refractivity contribution in [3.8, 4) is 0 Å². The van der Waals surface area contributed by atoms with Crippen molar-refractivity contribution >= 4 is 0 Å². The van der Waals surface area contributed by atoms with Gasteiger partial charge in [0, 0.05) is 13.0 Å². The van der Waals surface area contributed by atoms with E-state index in [0.29, 0.717) is 36.2 Å². The van der Waals surface area contributed by atoms with Gasteiger partial charge in [-0.15, -0.1) is 0 Å². The SMILES string of the molecule is C=C(C)[C@@H]1CC[C@]2(CO)CC[C@]3(C)[C@H](CCC4[C@@]5(C)CC[C@@H](O[C@@H]6C[C@@H](O)[C@H](O)[C@@H](CO)O6)C(C)(C)[C@@H]5CC[C@]43C)[C@@H]12. The normalized spacial score (nSPS) is 55.2. The highest BCUT2D eigenvalue weighted by molar-refractivity contribution is 5.21. The van der Waals surface area contributed by atoms with E-state index in [4.69, 9.17) is 9.47 Å². The van der Waals surface area contributed by atoms with Gasteiger partial charge >= 0.3 is 0 Å². The van der Waals surface area contributed by atoms with Crippen molar-refractivity contribution in [3.63, 3.8) is 0 Å². The summed E-state index contributed by atoms with van der Waals surface area (Å²) in [6.45, 7) is 19.4. The highest BCUT2D eigenvalue weighted by Gasteiger charge is 2.71. The van der Waals surface area contributed by atoms with Crippen LogP contribution in [0.15, 0.2) is 12.2 Å². The van der Waals surface area contributed by atoms with Gasteiger partial charge in [-0.3, -0.25) is 0 Å². The zero-order chi connectivity index (χ0) is 30.5. The van der Waals surface area contributed by atoms with E-state index < -0.39 is 24.6 Å². The predicted octanol–water partition coefficient (Wildman–Crippen LogP) is 5.85. The van der Waals surface area contributed by atoms with Crippen LogP contribution in [0.1, 0.15) is 112 Å². The summed E-state index contributed by atoms with van der Waals surface area (Å²) in [7, 11) is 0. The molecule has 6 heteroatoms. The Morgan fingerprint density at radius 1 is 0.857 bits per heavy atom. The molecule has 5 aliphatic carbocycles. The molecule has 1 heterocycles. The van der Waals surface area contributed by atoms with Gasteiger partial charge in [0.25, 0.3) is 0 Å². The van der Waals surface area contributed by atoms with Gasteiger partial charge in [0.05, 0.1) is 18.8 Å². The van der Waals surface area contributed by atoms with Gasteiger partial charge in [-0.1, -0.05) is 46.8 Å². The number of rotatable bonds is 5. The molecule has 240 valence electrons. The van der Waals surface area contributed by atoms with Crippen LogP contribution in [0.25, 0.3) is 0 Å². The van der Waals surface area contributed by atoms with Crippen molar-refractivity contribution in [1.29, 1.82) is 0 Å². The minimum absolute atomic E-state index is 0.00769. The number of allylic oxidation sites excluding steroid dienone is 1. The molecule has 0 radical (unpaired) electrons. The third-order valence-corrected chi connectivity index (χ3v) is 15.5. The highest BCUT2D eigenvalue weighted by atomic mass is 16.7. The van der Waals surface area contributed by atoms with Crippen LogP contribution in [0, 0.1) is 56.7 Å². The third-order valence-electron chi connectivity index (χ3n) is 15.5. The number of hydrogen-bond acceptors (Lipinski definition) is 6. The van der Waals surface area contributed by atoms with Crippen molar-refractivity contribution in [2.24, 2.45) is 56.7 Å². The molecule has 14 atom stereocenters. The molecular formula is C36H60O6. The molecule has 5 saturated carbocycles. The van der Waals surface area contributed by atoms with Gasteiger partial charge in [0.15, 0.2) is 6.29 Å². The Labute approximate surface area is 254 Å². The maximum absolute atomic E-state index is 10.8. The number of ether oxygens (including phenoxy) is 2. The third kappa shape index (κ3) is 4.24. The Balaban J connectivity index is 1.25. The molecule has 6 rings (SSSR count). The Bertz CT molecular complexity index is 1040. The molecule has 0 aromatic rings. The molecule has 1 saturated heterocycles.